The largest absolute Gasteiger partial charge is 0.315 e. The summed E-state index contributed by atoms with van der Waals surface area (Å²) in [5.74, 6) is 0. The second-order valence-electron chi connectivity index (χ2n) is 4.30. The number of thiazole rings is 1. The second kappa shape index (κ2) is 7.63. The maximum atomic E-state index is 10.9. The summed E-state index contributed by atoms with van der Waals surface area (Å²) in [5, 5.41) is 5.31. The van der Waals surface area contributed by atoms with Gasteiger partial charge in [0.2, 0.25) is 0 Å². The number of aromatic nitrogens is 1. The van der Waals surface area contributed by atoms with E-state index in [2.05, 4.69) is 24.1 Å². The summed E-state index contributed by atoms with van der Waals surface area (Å²) in [5.41, 5.74) is 0.996. The van der Waals surface area contributed by atoms with Crippen molar-refractivity contribution in [2.24, 2.45) is 0 Å². The summed E-state index contributed by atoms with van der Waals surface area (Å²) in [6.07, 6.45) is 6.47. The summed E-state index contributed by atoms with van der Waals surface area (Å²) >= 11 is 1.23. The van der Waals surface area contributed by atoms with Crippen LogP contribution in [-0.4, -0.2) is 11.0 Å². The molecule has 1 unspecified atom stereocenters. The number of aromatic amines is 1. The molecular formula is C12H22N2OS. The van der Waals surface area contributed by atoms with Crippen molar-refractivity contribution in [2.75, 3.05) is 0 Å². The Labute approximate surface area is 101 Å². The molecule has 3 nitrogen and oxygen atoms in total. The molecule has 1 aromatic heterocycles. The Bertz CT molecular complexity index is 332. The molecule has 0 aromatic carbocycles. The smallest absolute Gasteiger partial charge is 0.304 e. The molecule has 0 amide bonds. The molecule has 0 radical (unpaired) electrons. The van der Waals surface area contributed by atoms with Gasteiger partial charge < -0.3 is 10.3 Å². The molecule has 0 aliphatic carbocycles. The van der Waals surface area contributed by atoms with Gasteiger partial charge in [-0.15, -0.1) is 0 Å². The second-order valence-corrected chi connectivity index (χ2v) is 5.15. The Hall–Kier alpha value is -0.610. The van der Waals surface area contributed by atoms with Gasteiger partial charge in [0, 0.05) is 23.7 Å². The first-order valence-corrected chi connectivity index (χ1v) is 7.00. The van der Waals surface area contributed by atoms with E-state index in [1.54, 1.807) is 0 Å². The fraction of sp³-hybridized carbons (Fsp3) is 0.750. The highest BCUT2D eigenvalue weighted by Gasteiger charge is 2.02. The average molecular weight is 242 g/mol. The highest BCUT2D eigenvalue weighted by atomic mass is 32.1. The molecule has 1 aromatic rings. The maximum Gasteiger partial charge on any atom is 0.304 e. The fourth-order valence-corrected chi connectivity index (χ4v) is 2.25. The summed E-state index contributed by atoms with van der Waals surface area (Å²) < 4.78 is 0. The lowest BCUT2D eigenvalue weighted by molar-refractivity contribution is 0.480. The third-order valence-corrected chi connectivity index (χ3v) is 3.42. The van der Waals surface area contributed by atoms with Gasteiger partial charge in [-0.2, -0.15) is 0 Å². The molecule has 0 bridgehead atoms. The van der Waals surface area contributed by atoms with Crippen LogP contribution in [-0.2, 0) is 6.54 Å². The summed E-state index contributed by atoms with van der Waals surface area (Å²) in [4.78, 5) is 13.8. The Morgan fingerprint density at radius 1 is 1.44 bits per heavy atom. The van der Waals surface area contributed by atoms with E-state index in [0.717, 1.165) is 12.2 Å². The SMILES string of the molecule is CCCCCCC(C)NCc1csc(=O)[nH]1. The first-order chi connectivity index (χ1) is 7.72. The zero-order valence-electron chi connectivity index (χ0n) is 10.2. The van der Waals surface area contributed by atoms with Crippen LogP contribution < -0.4 is 10.2 Å². The van der Waals surface area contributed by atoms with Crippen molar-refractivity contribution in [3.63, 3.8) is 0 Å². The average Bonchev–Trinajstić information content (AvgIpc) is 2.68. The monoisotopic (exact) mass is 242 g/mol. The molecule has 2 N–H and O–H groups in total. The van der Waals surface area contributed by atoms with Crippen LogP contribution in [0.1, 0.15) is 51.6 Å². The topological polar surface area (TPSA) is 44.9 Å². The van der Waals surface area contributed by atoms with Gasteiger partial charge in [0.1, 0.15) is 0 Å². The molecular weight excluding hydrogens is 220 g/mol. The first kappa shape index (κ1) is 13.5. The van der Waals surface area contributed by atoms with Crippen LogP contribution in [0.15, 0.2) is 10.2 Å². The van der Waals surface area contributed by atoms with E-state index in [9.17, 15) is 4.79 Å². The van der Waals surface area contributed by atoms with E-state index in [-0.39, 0.29) is 4.87 Å². The number of unbranched alkanes of at least 4 members (excludes halogenated alkanes) is 3. The molecule has 1 rings (SSSR count). The van der Waals surface area contributed by atoms with E-state index in [1.807, 2.05) is 5.38 Å². The Kier molecular flexibility index (Phi) is 6.42. The van der Waals surface area contributed by atoms with Gasteiger partial charge in [0.05, 0.1) is 0 Å². The van der Waals surface area contributed by atoms with Crippen molar-refractivity contribution in [3.05, 3.63) is 20.7 Å². The van der Waals surface area contributed by atoms with Gasteiger partial charge >= 0.3 is 4.87 Å². The lowest BCUT2D eigenvalue weighted by Crippen LogP contribution is -2.25. The molecule has 0 fully saturated rings. The van der Waals surface area contributed by atoms with E-state index in [4.69, 9.17) is 0 Å². The van der Waals surface area contributed by atoms with E-state index in [0.29, 0.717) is 6.04 Å². The third kappa shape index (κ3) is 5.47. The highest BCUT2D eigenvalue weighted by Crippen LogP contribution is 2.05. The standard InChI is InChI=1S/C12H22N2OS/c1-3-4-5-6-7-10(2)13-8-11-9-16-12(15)14-11/h9-10,13H,3-8H2,1-2H3,(H,14,15). The molecule has 0 saturated carbocycles. The molecule has 4 heteroatoms. The quantitative estimate of drug-likeness (QED) is 0.688. The maximum absolute atomic E-state index is 10.9. The van der Waals surface area contributed by atoms with Gasteiger partial charge in [0.15, 0.2) is 0 Å². The van der Waals surface area contributed by atoms with Crippen molar-refractivity contribution < 1.29 is 0 Å². The Morgan fingerprint density at radius 3 is 2.88 bits per heavy atom. The predicted molar refractivity (Wildman–Crippen MR) is 70.0 cm³/mol. The lowest BCUT2D eigenvalue weighted by atomic mass is 10.1. The van der Waals surface area contributed by atoms with Crippen molar-refractivity contribution in [2.45, 2.75) is 58.5 Å². The van der Waals surface area contributed by atoms with Crippen LogP contribution >= 0.6 is 11.3 Å². The molecule has 1 heterocycles. The van der Waals surface area contributed by atoms with Crippen molar-refractivity contribution in [1.82, 2.24) is 10.3 Å². The predicted octanol–water partition coefficient (Wildman–Crippen LogP) is 2.88. The zero-order chi connectivity index (χ0) is 11.8. The third-order valence-electron chi connectivity index (χ3n) is 2.70. The number of hydrogen-bond acceptors (Lipinski definition) is 3. The van der Waals surface area contributed by atoms with Crippen molar-refractivity contribution >= 4 is 11.3 Å². The molecule has 0 aliphatic rings. The van der Waals surface area contributed by atoms with Gasteiger partial charge in [-0.1, -0.05) is 43.9 Å². The van der Waals surface area contributed by atoms with E-state index < -0.39 is 0 Å². The minimum absolute atomic E-state index is 0.0346. The first-order valence-electron chi connectivity index (χ1n) is 6.12. The molecule has 0 spiro atoms. The number of H-pyrrole nitrogens is 1. The van der Waals surface area contributed by atoms with E-state index >= 15 is 0 Å². The van der Waals surface area contributed by atoms with Gasteiger partial charge in [-0.25, -0.2) is 0 Å². The molecule has 1 atom stereocenters. The normalized spacial score (nSPS) is 12.9. The highest BCUT2D eigenvalue weighted by molar-refractivity contribution is 7.07. The Balaban J connectivity index is 2.10. The molecule has 92 valence electrons. The van der Waals surface area contributed by atoms with Gasteiger partial charge in [-0.05, 0) is 13.3 Å². The number of rotatable bonds is 8. The van der Waals surface area contributed by atoms with Crippen LogP contribution in [0.3, 0.4) is 0 Å². The summed E-state index contributed by atoms with van der Waals surface area (Å²) in [6.45, 7) is 5.21. The lowest BCUT2D eigenvalue weighted by Gasteiger charge is -2.12. The fourth-order valence-electron chi connectivity index (χ4n) is 1.66. The van der Waals surface area contributed by atoms with Crippen LogP contribution in [0.4, 0.5) is 0 Å². The molecule has 0 aliphatic heterocycles. The minimum atomic E-state index is 0.0346. The molecule has 16 heavy (non-hydrogen) atoms. The summed E-state index contributed by atoms with van der Waals surface area (Å²) in [6, 6.07) is 0.528. The van der Waals surface area contributed by atoms with Crippen LogP contribution in [0.5, 0.6) is 0 Å². The molecule has 0 saturated heterocycles. The van der Waals surface area contributed by atoms with Crippen LogP contribution in [0.25, 0.3) is 0 Å². The minimum Gasteiger partial charge on any atom is -0.315 e. The Morgan fingerprint density at radius 2 is 2.25 bits per heavy atom. The summed E-state index contributed by atoms with van der Waals surface area (Å²) in [7, 11) is 0. The van der Waals surface area contributed by atoms with Crippen LogP contribution in [0, 0.1) is 0 Å². The van der Waals surface area contributed by atoms with Gasteiger partial charge in [-0.3, -0.25) is 4.79 Å². The number of hydrogen-bond donors (Lipinski definition) is 2. The van der Waals surface area contributed by atoms with Crippen molar-refractivity contribution in [1.29, 1.82) is 0 Å². The van der Waals surface area contributed by atoms with Crippen LogP contribution in [0.2, 0.25) is 0 Å². The van der Waals surface area contributed by atoms with E-state index in [1.165, 1.54) is 43.4 Å². The van der Waals surface area contributed by atoms with Crippen molar-refractivity contribution in [3.8, 4) is 0 Å². The zero-order valence-corrected chi connectivity index (χ0v) is 11.0. The van der Waals surface area contributed by atoms with Gasteiger partial charge in [0.25, 0.3) is 0 Å². The number of nitrogens with one attached hydrogen (secondary N) is 2.